The quantitative estimate of drug-likeness (QED) is 0.624. The van der Waals surface area contributed by atoms with Crippen molar-refractivity contribution in [1.29, 1.82) is 0 Å². The number of nitro groups is 1. The van der Waals surface area contributed by atoms with Crippen LogP contribution in [0.15, 0.2) is 42.5 Å². The number of hydrogen-bond acceptors (Lipinski definition) is 3. The molecule has 5 nitrogen and oxygen atoms in total. The molecule has 2 rings (SSSR count). The molecule has 0 aliphatic heterocycles. The number of amides is 1. The summed E-state index contributed by atoms with van der Waals surface area (Å²) in [5.41, 5.74) is 2.28. The highest BCUT2D eigenvalue weighted by atomic mass is 35.5. The van der Waals surface area contributed by atoms with Gasteiger partial charge in [0, 0.05) is 28.8 Å². The second-order valence-electron chi connectivity index (χ2n) is 5.29. The summed E-state index contributed by atoms with van der Waals surface area (Å²) in [7, 11) is 0. The summed E-state index contributed by atoms with van der Waals surface area (Å²) in [5, 5.41) is 14.2. The molecule has 0 aliphatic carbocycles. The van der Waals surface area contributed by atoms with E-state index in [1.54, 1.807) is 19.1 Å². The lowest BCUT2D eigenvalue weighted by Crippen LogP contribution is -2.11. The maximum absolute atomic E-state index is 11.9. The summed E-state index contributed by atoms with van der Waals surface area (Å²) in [6.07, 6.45) is 1.90. The first-order valence-electron chi connectivity index (χ1n) is 7.25. The van der Waals surface area contributed by atoms with E-state index in [0.29, 0.717) is 22.7 Å². The van der Waals surface area contributed by atoms with Crippen molar-refractivity contribution in [2.75, 3.05) is 5.32 Å². The molecule has 0 atom stereocenters. The highest BCUT2D eigenvalue weighted by molar-refractivity contribution is 6.30. The predicted octanol–water partition coefficient (Wildman–Crippen LogP) is 4.52. The molecule has 1 N–H and O–H groups in total. The van der Waals surface area contributed by atoms with Crippen LogP contribution in [0.1, 0.15) is 24.0 Å². The van der Waals surface area contributed by atoms with Crippen LogP contribution in [0.2, 0.25) is 5.02 Å². The highest BCUT2D eigenvalue weighted by Gasteiger charge is 2.11. The topological polar surface area (TPSA) is 72.2 Å². The van der Waals surface area contributed by atoms with E-state index in [9.17, 15) is 14.9 Å². The van der Waals surface area contributed by atoms with E-state index in [1.807, 2.05) is 24.3 Å². The molecule has 120 valence electrons. The molecule has 0 aromatic heterocycles. The summed E-state index contributed by atoms with van der Waals surface area (Å²) in [6, 6.07) is 12.1. The van der Waals surface area contributed by atoms with E-state index in [4.69, 9.17) is 11.6 Å². The van der Waals surface area contributed by atoms with Gasteiger partial charge in [0.1, 0.15) is 0 Å². The van der Waals surface area contributed by atoms with Gasteiger partial charge >= 0.3 is 0 Å². The normalized spacial score (nSPS) is 10.3. The Kier molecular flexibility index (Phi) is 5.71. The van der Waals surface area contributed by atoms with Crippen molar-refractivity contribution in [3.63, 3.8) is 0 Å². The van der Waals surface area contributed by atoms with E-state index in [0.717, 1.165) is 18.4 Å². The van der Waals surface area contributed by atoms with E-state index in [2.05, 4.69) is 5.32 Å². The minimum Gasteiger partial charge on any atom is -0.326 e. The zero-order valence-electron chi connectivity index (χ0n) is 12.7. The summed E-state index contributed by atoms with van der Waals surface area (Å²) >= 11 is 5.82. The fourth-order valence-corrected chi connectivity index (χ4v) is 2.39. The van der Waals surface area contributed by atoms with Gasteiger partial charge < -0.3 is 5.32 Å². The van der Waals surface area contributed by atoms with Crippen LogP contribution in [0.5, 0.6) is 0 Å². The van der Waals surface area contributed by atoms with Gasteiger partial charge in [0.25, 0.3) is 5.69 Å². The molecule has 1 amide bonds. The highest BCUT2D eigenvalue weighted by Crippen LogP contribution is 2.21. The van der Waals surface area contributed by atoms with Crippen molar-refractivity contribution in [2.45, 2.75) is 26.2 Å². The van der Waals surface area contributed by atoms with Crippen molar-refractivity contribution in [1.82, 2.24) is 0 Å². The third-order valence-electron chi connectivity index (χ3n) is 3.46. The third-order valence-corrected chi connectivity index (χ3v) is 3.71. The van der Waals surface area contributed by atoms with Gasteiger partial charge in [-0.05, 0) is 49.6 Å². The maximum atomic E-state index is 11.9. The second-order valence-corrected chi connectivity index (χ2v) is 5.72. The fourth-order valence-electron chi connectivity index (χ4n) is 2.27. The molecule has 0 aliphatic rings. The van der Waals surface area contributed by atoms with Gasteiger partial charge in [0.15, 0.2) is 0 Å². The first kappa shape index (κ1) is 17.0. The average molecular weight is 333 g/mol. The number of benzene rings is 2. The number of nitro benzene ring substituents is 1. The lowest BCUT2D eigenvalue weighted by Gasteiger charge is -2.07. The molecule has 0 saturated carbocycles. The lowest BCUT2D eigenvalue weighted by atomic mass is 10.1. The number of rotatable bonds is 6. The maximum Gasteiger partial charge on any atom is 0.272 e. The zero-order valence-corrected chi connectivity index (χ0v) is 13.5. The van der Waals surface area contributed by atoms with Crippen LogP contribution in [-0.4, -0.2) is 10.8 Å². The minimum absolute atomic E-state index is 0.0470. The van der Waals surface area contributed by atoms with Crippen molar-refractivity contribution in [3.05, 3.63) is 68.7 Å². The van der Waals surface area contributed by atoms with Crippen molar-refractivity contribution in [3.8, 4) is 0 Å². The van der Waals surface area contributed by atoms with Crippen LogP contribution in [0.3, 0.4) is 0 Å². The van der Waals surface area contributed by atoms with Gasteiger partial charge in [0.2, 0.25) is 5.91 Å². The number of nitrogens with one attached hydrogen (secondary N) is 1. The fraction of sp³-hybridized carbons (Fsp3) is 0.235. The number of carbonyl (C=O) groups excluding carboxylic acids is 1. The molecular formula is C17H17ClN2O3. The summed E-state index contributed by atoms with van der Waals surface area (Å²) in [6.45, 7) is 1.65. The van der Waals surface area contributed by atoms with Crippen LogP contribution in [0.25, 0.3) is 0 Å². The van der Waals surface area contributed by atoms with Gasteiger partial charge in [0.05, 0.1) is 4.92 Å². The van der Waals surface area contributed by atoms with Crippen molar-refractivity contribution >= 4 is 28.9 Å². The van der Waals surface area contributed by atoms with E-state index < -0.39 is 4.92 Å². The number of anilines is 1. The van der Waals surface area contributed by atoms with Gasteiger partial charge in [-0.1, -0.05) is 23.7 Å². The Bertz CT molecular complexity index is 714. The van der Waals surface area contributed by atoms with Crippen LogP contribution >= 0.6 is 11.6 Å². The average Bonchev–Trinajstić information content (AvgIpc) is 2.49. The number of aryl methyl sites for hydroxylation is 2. The molecule has 0 heterocycles. The van der Waals surface area contributed by atoms with Crippen LogP contribution in [-0.2, 0) is 11.2 Å². The van der Waals surface area contributed by atoms with Gasteiger partial charge in [-0.3, -0.25) is 14.9 Å². The van der Waals surface area contributed by atoms with Crippen molar-refractivity contribution in [2.24, 2.45) is 0 Å². The predicted molar refractivity (Wildman–Crippen MR) is 90.9 cm³/mol. The Hall–Kier alpha value is -2.40. The van der Waals surface area contributed by atoms with Crippen LogP contribution in [0.4, 0.5) is 11.4 Å². The molecule has 0 fully saturated rings. The molecule has 0 unspecified atom stereocenters. The molecule has 2 aromatic carbocycles. The Morgan fingerprint density at radius 3 is 2.52 bits per heavy atom. The Labute approximate surface area is 139 Å². The molecule has 0 radical (unpaired) electrons. The molecule has 23 heavy (non-hydrogen) atoms. The van der Waals surface area contributed by atoms with E-state index >= 15 is 0 Å². The van der Waals surface area contributed by atoms with Gasteiger partial charge in [-0.2, -0.15) is 0 Å². The smallest absolute Gasteiger partial charge is 0.272 e. The Balaban J connectivity index is 1.84. The monoisotopic (exact) mass is 332 g/mol. The largest absolute Gasteiger partial charge is 0.326 e. The number of carbonyl (C=O) groups is 1. The molecular weight excluding hydrogens is 316 g/mol. The summed E-state index contributed by atoms with van der Waals surface area (Å²) in [4.78, 5) is 22.2. The summed E-state index contributed by atoms with van der Waals surface area (Å²) < 4.78 is 0. The Morgan fingerprint density at radius 2 is 1.91 bits per heavy atom. The SMILES string of the molecule is Cc1cc(NC(=O)CCCc2ccc(Cl)cc2)ccc1[N+](=O)[O-]. The minimum atomic E-state index is -0.437. The zero-order chi connectivity index (χ0) is 16.8. The molecule has 0 saturated heterocycles. The molecule has 6 heteroatoms. The number of hydrogen-bond donors (Lipinski definition) is 1. The summed E-state index contributed by atoms with van der Waals surface area (Å²) in [5.74, 6) is -0.104. The van der Waals surface area contributed by atoms with Gasteiger partial charge in [-0.25, -0.2) is 0 Å². The number of halogens is 1. The molecule has 2 aromatic rings. The lowest BCUT2D eigenvalue weighted by molar-refractivity contribution is -0.385. The Morgan fingerprint density at radius 1 is 1.22 bits per heavy atom. The number of nitrogens with zero attached hydrogens (tertiary/aromatic N) is 1. The van der Waals surface area contributed by atoms with Gasteiger partial charge in [-0.15, -0.1) is 0 Å². The van der Waals surface area contributed by atoms with Crippen LogP contribution < -0.4 is 5.32 Å². The standard InChI is InChI=1S/C17H17ClN2O3/c1-12-11-15(9-10-16(12)20(22)23)19-17(21)4-2-3-13-5-7-14(18)8-6-13/h5-11H,2-4H2,1H3,(H,19,21). The first-order valence-corrected chi connectivity index (χ1v) is 7.63. The molecule has 0 bridgehead atoms. The van der Waals surface area contributed by atoms with Crippen LogP contribution in [0, 0.1) is 17.0 Å². The first-order chi connectivity index (χ1) is 11.0. The third kappa shape index (κ3) is 5.07. The van der Waals surface area contributed by atoms with E-state index in [1.165, 1.54) is 6.07 Å². The molecule has 0 spiro atoms. The van der Waals surface area contributed by atoms with Crippen molar-refractivity contribution < 1.29 is 9.72 Å². The second kappa shape index (κ2) is 7.74. The van der Waals surface area contributed by atoms with E-state index in [-0.39, 0.29) is 11.6 Å².